The summed E-state index contributed by atoms with van der Waals surface area (Å²) in [6.07, 6.45) is 2.23. The van der Waals surface area contributed by atoms with Crippen LogP contribution in [0.1, 0.15) is 22.3 Å². The molecule has 0 fully saturated rings. The molecular formula is C16H14BrClN2O. The predicted octanol–water partition coefficient (Wildman–Crippen LogP) is 4.71. The Bertz CT molecular complexity index is 703. The van der Waals surface area contributed by atoms with Gasteiger partial charge in [0.2, 0.25) is 0 Å². The van der Waals surface area contributed by atoms with Gasteiger partial charge in [0.25, 0.3) is 5.91 Å². The summed E-state index contributed by atoms with van der Waals surface area (Å²) in [5, 5.41) is 6.80. The fraction of sp³-hybridized carbons (Fsp3) is 0.188. The molecule has 0 aromatic heterocycles. The zero-order chi connectivity index (χ0) is 14.8. The number of benzene rings is 2. The Hall–Kier alpha value is -1.52. The van der Waals surface area contributed by atoms with Gasteiger partial charge in [-0.3, -0.25) is 4.79 Å². The minimum absolute atomic E-state index is 0.180. The van der Waals surface area contributed by atoms with E-state index < -0.39 is 0 Å². The second-order valence-corrected chi connectivity index (χ2v) is 6.27. The maximum absolute atomic E-state index is 12.3. The molecule has 3 nitrogen and oxygen atoms in total. The van der Waals surface area contributed by atoms with Gasteiger partial charge in [0.15, 0.2) is 0 Å². The maximum atomic E-state index is 12.3. The fourth-order valence-corrected chi connectivity index (χ4v) is 3.01. The first kappa shape index (κ1) is 14.4. The number of fused-ring (bicyclic) bond motifs is 1. The Labute approximate surface area is 136 Å². The van der Waals surface area contributed by atoms with E-state index in [1.54, 1.807) is 18.2 Å². The van der Waals surface area contributed by atoms with Crippen LogP contribution in [0.5, 0.6) is 0 Å². The van der Waals surface area contributed by atoms with Gasteiger partial charge in [-0.2, -0.15) is 0 Å². The van der Waals surface area contributed by atoms with Gasteiger partial charge in [0.1, 0.15) is 0 Å². The normalized spacial score (nSPS) is 13.2. The van der Waals surface area contributed by atoms with Crippen molar-refractivity contribution >= 4 is 44.8 Å². The quantitative estimate of drug-likeness (QED) is 0.809. The van der Waals surface area contributed by atoms with Gasteiger partial charge < -0.3 is 10.6 Å². The van der Waals surface area contributed by atoms with Crippen molar-refractivity contribution in [3.8, 4) is 0 Å². The molecule has 0 saturated carbocycles. The van der Waals surface area contributed by atoms with E-state index in [0.717, 1.165) is 35.2 Å². The van der Waals surface area contributed by atoms with Crippen LogP contribution in [0.2, 0.25) is 5.02 Å². The van der Waals surface area contributed by atoms with E-state index in [-0.39, 0.29) is 5.91 Å². The van der Waals surface area contributed by atoms with Crippen LogP contribution in [-0.4, -0.2) is 12.5 Å². The van der Waals surface area contributed by atoms with Crippen molar-refractivity contribution in [2.45, 2.75) is 12.8 Å². The molecule has 0 aliphatic carbocycles. The monoisotopic (exact) mass is 364 g/mol. The van der Waals surface area contributed by atoms with Crippen molar-refractivity contribution in [2.24, 2.45) is 0 Å². The first-order valence-electron chi connectivity index (χ1n) is 6.77. The summed E-state index contributed by atoms with van der Waals surface area (Å²) in [4.78, 5) is 12.3. The van der Waals surface area contributed by atoms with Crippen molar-refractivity contribution in [3.05, 3.63) is 57.0 Å². The topological polar surface area (TPSA) is 41.1 Å². The van der Waals surface area contributed by atoms with Crippen molar-refractivity contribution in [3.63, 3.8) is 0 Å². The molecule has 5 heteroatoms. The number of amides is 1. The van der Waals surface area contributed by atoms with Crippen LogP contribution >= 0.6 is 27.5 Å². The lowest BCUT2D eigenvalue weighted by Gasteiger charge is -2.19. The highest BCUT2D eigenvalue weighted by molar-refractivity contribution is 9.10. The van der Waals surface area contributed by atoms with Crippen LogP contribution in [0.4, 0.5) is 11.4 Å². The van der Waals surface area contributed by atoms with Crippen LogP contribution in [0.3, 0.4) is 0 Å². The molecule has 1 aliphatic rings. The lowest BCUT2D eigenvalue weighted by Crippen LogP contribution is -2.15. The number of aryl methyl sites for hydroxylation is 1. The minimum atomic E-state index is -0.180. The van der Waals surface area contributed by atoms with E-state index in [0.29, 0.717) is 10.6 Å². The van der Waals surface area contributed by atoms with Gasteiger partial charge in [-0.25, -0.2) is 0 Å². The molecule has 0 radical (unpaired) electrons. The molecule has 1 heterocycles. The molecule has 3 rings (SSSR count). The molecule has 21 heavy (non-hydrogen) atoms. The average molecular weight is 366 g/mol. The van der Waals surface area contributed by atoms with E-state index in [9.17, 15) is 4.79 Å². The summed E-state index contributed by atoms with van der Waals surface area (Å²) in [6, 6.07) is 11.1. The number of rotatable bonds is 2. The van der Waals surface area contributed by atoms with E-state index in [2.05, 4.69) is 32.6 Å². The first-order valence-corrected chi connectivity index (χ1v) is 7.94. The molecule has 0 saturated heterocycles. The highest BCUT2D eigenvalue weighted by atomic mass is 79.9. The lowest BCUT2D eigenvalue weighted by atomic mass is 10.0. The third kappa shape index (κ3) is 3.22. The van der Waals surface area contributed by atoms with Gasteiger partial charge in [-0.05, 0) is 64.7 Å². The average Bonchev–Trinajstić information content (AvgIpc) is 2.49. The largest absolute Gasteiger partial charge is 0.385 e. The summed E-state index contributed by atoms with van der Waals surface area (Å²) in [5.41, 5.74) is 3.70. The minimum Gasteiger partial charge on any atom is -0.385 e. The number of hydrogen-bond donors (Lipinski definition) is 2. The predicted molar refractivity (Wildman–Crippen MR) is 90.4 cm³/mol. The van der Waals surface area contributed by atoms with E-state index >= 15 is 0 Å². The molecular weight excluding hydrogens is 352 g/mol. The Morgan fingerprint density at radius 3 is 2.95 bits per heavy atom. The van der Waals surface area contributed by atoms with E-state index in [1.165, 1.54) is 5.56 Å². The summed E-state index contributed by atoms with van der Waals surface area (Å²) >= 11 is 9.32. The van der Waals surface area contributed by atoms with Gasteiger partial charge in [-0.1, -0.05) is 17.7 Å². The fourth-order valence-electron chi connectivity index (χ4n) is 2.41. The van der Waals surface area contributed by atoms with Crippen molar-refractivity contribution in [1.82, 2.24) is 0 Å². The number of anilines is 2. The summed E-state index contributed by atoms with van der Waals surface area (Å²) < 4.78 is 0.723. The SMILES string of the molecule is O=C(Nc1ccc2c(c1)NCCC2)c1cc(Cl)ccc1Br. The zero-order valence-corrected chi connectivity index (χ0v) is 13.6. The molecule has 0 unspecified atom stereocenters. The molecule has 108 valence electrons. The molecule has 1 aliphatic heterocycles. The standard InChI is InChI=1S/C16H14BrClN2O/c17-14-6-4-11(18)8-13(14)16(21)20-12-5-3-10-2-1-7-19-15(10)9-12/h3-6,8-9,19H,1-2,7H2,(H,20,21). The number of hydrogen-bond acceptors (Lipinski definition) is 2. The Balaban J connectivity index is 1.83. The maximum Gasteiger partial charge on any atom is 0.256 e. The first-order chi connectivity index (χ1) is 10.1. The summed E-state index contributed by atoms with van der Waals surface area (Å²) in [7, 11) is 0. The number of halogens is 2. The number of carbonyl (C=O) groups is 1. The lowest BCUT2D eigenvalue weighted by molar-refractivity contribution is 0.102. The summed E-state index contributed by atoms with van der Waals surface area (Å²) in [6.45, 7) is 0.976. The Kier molecular flexibility index (Phi) is 4.17. The van der Waals surface area contributed by atoms with Gasteiger partial charge >= 0.3 is 0 Å². The van der Waals surface area contributed by atoms with Crippen molar-refractivity contribution in [1.29, 1.82) is 0 Å². The smallest absolute Gasteiger partial charge is 0.256 e. The second kappa shape index (κ2) is 6.08. The van der Waals surface area contributed by atoms with Crippen LogP contribution in [0.25, 0.3) is 0 Å². The van der Waals surface area contributed by atoms with Gasteiger partial charge in [0.05, 0.1) is 5.56 Å². The Morgan fingerprint density at radius 1 is 1.24 bits per heavy atom. The third-order valence-corrected chi connectivity index (χ3v) is 4.41. The second-order valence-electron chi connectivity index (χ2n) is 4.98. The van der Waals surface area contributed by atoms with E-state index in [1.807, 2.05) is 12.1 Å². The number of nitrogens with one attached hydrogen (secondary N) is 2. The molecule has 0 bridgehead atoms. The zero-order valence-electron chi connectivity index (χ0n) is 11.2. The highest BCUT2D eigenvalue weighted by Crippen LogP contribution is 2.27. The van der Waals surface area contributed by atoms with Crippen LogP contribution in [-0.2, 0) is 6.42 Å². The molecule has 2 aromatic carbocycles. The third-order valence-electron chi connectivity index (χ3n) is 3.48. The van der Waals surface area contributed by atoms with Crippen molar-refractivity contribution < 1.29 is 4.79 Å². The van der Waals surface area contributed by atoms with Crippen molar-refractivity contribution in [2.75, 3.05) is 17.2 Å². The van der Waals surface area contributed by atoms with Crippen LogP contribution < -0.4 is 10.6 Å². The van der Waals surface area contributed by atoms with Gasteiger partial charge in [-0.15, -0.1) is 0 Å². The van der Waals surface area contributed by atoms with Gasteiger partial charge in [0, 0.05) is 27.4 Å². The highest BCUT2D eigenvalue weighted by Gasteiger charge is 2.13. The Morgan fingerprint density at radius 2 is 2.10 bits per heavy atom. The molecule has 0 spiro atoms. The number of carbonyl (C=O) groups excluding carboxylic acids is 1. The molecule has 1 amide bonds. The van der Waals surface area contributed by atoms with Crippen LogP contribution in [0.15, 0.2) is 40.9 Å². The van der Waals surface area contributed by atoms with Crippen LogP contribution in [0, 0.1) is 0 Å². The molecule has 0 atom stereocenters. The summed E-state index contributed by atoms with van der Waals surface area (Å²) in [5.74, 6) is -0.180. The molecule has 2 aromatic rings. The molecule has 2 N–H and O–H groups in total. The van der Waals surface area contributed by atoms with E-state index in [4.69, 9.17) is 11.6 Å².